The second-order valence-corrected chi connectivity index (χ2v) is 12.9. The van der Waals surface area contributed by atoms with E-state index in [9.17, 15) is 27.9 Å². The van der Waals surface area contributed by atoms with E-state index in [1.165, 1.54) is 31.4 Å². The van der Waals surface area contributed by atoms with E-state index in [-0.39, 0.29) is 24.0 Å². The zero-order chi connectivity index (χ0) is 28.0. The molecule has 3 aliphatic rings. The van der Waals surface area contributed by atoms with Crippen molar-refractivity contribution in [3.05, 3.63) is 29.8 Å². The van der Waals surface area contributed by atoms with Gasteiger partial charge in [-0.15, -0.1) is 0 Å². The Morgan fingerprint density at radius 3 is 2.26 bits per heavy atom. The number of aryl methyl sites for hydroxylation is 1. The molecule has 216 valence electrons. The molecular weight excluding hydrogens is 522 g/mol. The largest absolute Gasteiger partial charge is 0.480 e. The number of carbonyl (C=O) groups is 3. The summed E-state index contributed by atoms with van der Waals surface area (Å²) in [5, 5.41) is 14.8. The van der Waals surface area contributed by atoms with Crippen molar-refractivity contribution in [2.24, 2.45) is 5.92 Å². The molecule has 11 nitrogen and oxygen atoms in total. The summed E-state index contributed by atoms with van der Waals surface area (Å²) in [6, 6.07) is 3.66. The molecule has 0 bridgehead atoms. The molecule has 0 aromatic heterocycles. The highest BCUT2D eigenvalue weighted by atomic mass is 32.2. The van der Waals surface area contributed by atoms with Gasteiger partial charge < -0.3 is 25.5 Å². The number of rotatable bonds is 9. The summed E-state index contributed by atoms with van der Waals surface area (Å²) in [6.45, 7) is 6.34. The molecule has 1 aromatic rings. The molecule has 3 amide bonds. The van der Waals surface area contributed by atoms with Crippen molar-refractivity contribution in [2.75, 3.05) is 45.8 Å². The molecule has 0 unspecified atom stereocenters. The van der Waals surface area contributed by atoms with E-state index >= 15 is 0 Å². The summed E-state index contributed by atoms with van der Waals surface area (Å²) in [6.07, 6.45) is 6.42. The van der Waals surface area contributed by atoms with E-state index in [0.717, 1.165) is 42.3 Å². The van der Waals surface area contributed by atoms with Crippen LogP contribution in [0.2, 0.25) is 0 Å². The number of carbonyl (C=O) groups excluding carboxylic acids is 2. The highest BCUT2D eigenvalue weighted by molar-refractivity contribution is 7.89. The van der Waals surface area contributed by atoms with Gasteiger partial charge in [0.25, 0.3) is 0 Å². The average Bonchev–Trinajstić information content (AvgIpc) is 3.43. The fraction of sp³-hybridized carbons (Fsp3) is 0.667. The molecule has 0 radical (unpaired) electrons. The third-order valence-corrected chi connectivity index (χ3v) is 10.00. The summed E-state index contributed by atoms with van der Waals surface area (Å²) in [5.74, 6) is -1.41. The van der Waals surface area contributed by atoms with Crippen LogP contribution < -0.4 is 10.6 Å². The Kier molecular flexibility index (Phi) is 9.84. The van der Waals surface area contributed by atoms with E-state index < -0.39 is 34.0 Å². The Hall–Kier alpha value is -2.70. The van der Waals surface area contributed by atoms with Crippen molar-refractivity contribution in [1.82, 2.24) is 24.7 Å². The zero-order valence-corrected chi connectivity index (χ0v) is 23.5. The van der Waals surface area contributed by atoms with Gasteiger partial charge in [0.1, 0.15) is 12.1 Å². The van der Waals surface area contributed by atoms with E-state index in [4.69, 9.17) is 0 Å². The average molecular weight is 564 g/mol. The van der Waals surface area contributed by atoms with Gasteiger partial charge in [-0.2, -0.15) is 4.31 Å². The van der Waals surface area contributed by atoms with Crippen LogP contribution in [0.4, 0.5) is 4.79 Å². The molecule has 2 atom stereocenters. The number of benzene rings is 1. The summed E-state index contributed by atoms with van der Waals surface area (Å²) < 4.78 is 27.5. The molecule has 3 N–H and O–H groups in total. The standard InChI is InChI=1S/C27H41N5O6S/c1-20-7-9-22(10-8-20)39(37,38)32-15-5-6-24(32)25(33)29-23(26(34)35)18-28-27(36)31-16-11-21(12-17-31)19-30-13-3-2-4-14-30/h7-10,21,23-24H,2-6,11-19H2,1H3,(H,28,36)(H,29,33)(H,34,35)/t23-,24+/m0/s1. The zero-order valence-electron chi connectivity index (χ0n) is 22.7. The molecule has 3 fully saturated rings. The number of sulfonamides is 1. The van der Waals surface area contributed by atoms with Crippen LogP contribution in [-0.4, -0.2) is 103 Å². The minimum absolute atomic E-state index is 0.0922. The Morgan fingerprint density at radius 1 is 0.949 bits per heavy atom. The van der Waals surface area contributed by atoms with Crippen LogP contribution in [0, 0.1) is 12.8 Å². The quantitative estimate of drug-likeness (QED) is 0.415. The molecule has 1 aromatic carbocycles. The number of carboxylic acid groups (broad SMARTS) is 1. The van der Waals surface area contributed by atoms with Crippen LogP contribution in [-0.2, 0) is 19.6 Å². The first-order chi connectivity index (χ1) is 18.6. The lowest BCUT2D eigenvalue weighted by atomic mass is 9.95. The van der Waals surface area contributed by atoms with Gasteiger partial charge in [-0.25, -0.2) is 18.0 Å². The fourth-order valence-electron chi connectivity index (χ4n) is 5.73. The normalized spacial score (nSPS) is 22.4. The van der Waals surface area contributed by atoms with E-state index in [2.05, 4.69) is 15.5 Å². The van der Waals surface area contributed by atoms with Gasteiger partial charge in [0, 0.05) is 26.2 Å². The van der Waals surface area contributed by atoms with Crippen molar-refractivity contribution < 1.29 is 27.9 Å². The van der Waals surface area contributed by atoms with Crippen LogP contribution in [0.1, 0.15) is 50.5 Å². The van der Waals surface area contributed by atoms with Gasteiger partial charge in [-0.3, -0.25) is 4.79 Å². The third kappa shape index (κ3) is 7.49. The van der Waals surface area contributed by atoms with Crippen molar-refractivity contribution in [3.63, 3.8) is 0 Å². The molecule has 3 heterocycles. The monoisotopic (exact) mass is 563 g/mol. The van der Waals surface area contributed by atoms with Gasteiger partial charge in [0.05, 0.1) is 11.4 Å². The Bertz CT molecular complexity index is 1110. The van der Waals surface area contributed by atoms with E-state index in [0.29, 0.717) is 31.8 Å². The molecule has 3 saturated heterocycles. The SMILES string of the molecule is Cc1ccc(S(=O)(=O)N2CCC[C@@H]2C(=O)N[C@@H](CNC(=O)N2CCC(CN3CCCCC3)CC2)C(=O)O)cc1. The number of carboxylic acids is 1. The number of likely N-dealkylation sites (tertiary alicyclic amines) is 2. The molecule has 4 rings (SSSR count). The van der Waals surface area contributed by atoms with Crippen molar-refractivity contribution >= 4 is 27.9 Å². The number of amides is 3. The Labute approximate surface area is 230 Å². The van der Waals surface area contributed by atoms with Crippen LogP contribution in [0.15, 0.2) is 29.2 Å². The lowest BCUT2D eigenvalue weighted by molar-refractivity contribution is -0.142. The van der Waals surface area contributed by atoms with Gasteiger partial charge in [0.15, 0.2) is 0 Å². The van der Waals surface area contributed by atoms with Gasteiger partial charge in [0.2, 0.25) is 15.9 Å². The van der Waals surface area contributed by atoms with E-state index in [1.807, 2.05) is 6.92 Å². The maximum Gasteiger partial charge on any atom is 0.328 e. The molecule has 0 spiro atoms. The first kappa shape index (κ1) is 29.3. The van der Waals surface area contributed by atoms with Crippen molar-refractivity contribution in [1.29, 1.82) is 0 Å². The Morgan fingerprint density at radius 2 is 1.62 bits per heavy atom. The molecule has 3 aliphatic heterocycles. The number of hydrogen-bond donors (Lipinski definition) is 3. The predicted molar refractivity (Wildman–Crippen MR) is 146 cm³/mol. The molecule has 12 heteroatoms. The third-order valence-electron chi connectivity index (χ3n) is 8.07. The number of nitrogens with one attached hydrogen (secondary N) is 2. The first-order valence-corrected chi connectivity index (χ1v) is 15.5. The predicted octanol–water partition coefficient (Wildman–Crippen LogP) is 1.63. The lowest BCUT2D eigenvalue weighted by Gasteiger charge is -2.36. The summed E-state index contributed by atoms with van der Waals surface area (Å²) in [5.41, 5.74) is 0.915. The van der Waals surface area contributed by atoms with Crippen LogP contribution in [0.25, 0.3) is 0 Å². The number of aliphatic carboxylic acids is 1. The summed E-state index contributed by atoms with van der Waals surface area (Å²) in [4.78, 5) is 42.0. The summed E-state index contributed by atoms with van der Waals surface area (Å²) in [7, 11) is -3.91. The second kappa shape index (κ2) is 13.1. The Balaban J connectivity index is 1.27. The molecule has 0 saturated carbocycles. The topological polar surface area (TPSA) is 139 Å². The first-order valence-electron chi connectivity index (χ1n) is 14.0. The van der Waals surface area contributed by atoms with Crippen LogP contribution >= 0.6 is 0 Å². The van der Waals surface area contributed by atoms with Gasteiger partial charge in [-0.05, 0) is 76.6 Å². The maximum atomic E-state index is 13.2. The minimum Gasteiger partial charge on any atom is -0.480 e. The molecule has 0 aliphatic carbocycles. The maximum absolute atomic E-state index is 13.2. The number of piperidine rings is 2. The fourth-order valence-corrected chi connectivity index (χ4v) is 7.39. The smallest absolute Gasteiger partial charge is 0.328 e. The van der Waals surface area contributed by atoms with E-state index in [1.54, 1.807) is 17.0 Å². The van der Waals surface area contributed by atoms with Crippen LogP contribution in [0.3, 0.4) is 0 Å². The second-order valence-electron chi connectivity index (χ2n) is 11.0. The van der Waals surface area contributed by atoms with Crippen molar-refractivity contribution in [3.8, 4) is 0 Å². The number of hydrogen-bond acceptors (Lipinski definition) is 6. The van der Waals surface area contributed by atoms with Gasteiger partial charge >= 0.3 is 12.0 Å². The summed E-state index contributed by atoms with van der Waals surface area (Å²) >= 11 is 0. The number of nitrogens with zero attached hydrogens (tertiary/aromatic N) is 3. The van der Waals surface area contributed by atoms with Gasteiger partial charge in [-0.1, -0.05) is 24.1 Å². The van der Waals surface area contributed by atoms with Crippen molar-refractivity contribution in [2.45, 2.75) is 68.8 Å². The molecular formula is C27H41N5O6S. The minimum atomic E-state index is -3.91. The molecule has 39 heavy (non-hydrogen) atoms. The lowest BCUT2D eigenvalue weighted by Crippen LogP contribution is -2.55. The number of urea groups is 1. The van der Waals surface area contributed by atoms with Crippen LogP contribution in [0.5, 0.6) is 0 Å². The highest BCUT2D eigenvalue weighted by Gasteiger charge is 2.40. The highest BCUT2D eigenvalue weighted by Crippen LogP contribution is 2.26.